The molecule has 1 aromatic heterocycles. The minimum absolute atomic E-state index is 0.303. The Morgan fingerprint density at radius 1 is 1.67 bits per heavy atom. The summed E-state index contributed by atoms with van der Waals surface area (Å²) in [6.07, 6.45) is 0.906. The molecule has 0 aliphatic heterocycles. The molecule has 0 radical (unpaired) electrons. The summed E-state index contributed by atoms with van der Waals surface area (Å²) >= 11 is 6.82. The van der Waals surface area contributed by atoms with Gasteiger partial charge in [0.05, 0.1) is 4.92 Å². The Morgan fingerprint density at radius 2 is 2.33 bits per heavy atom. The molecule has 0 saturated heterocycles. The van der Waals surface area contributed by atoms with E-state index < -0.39 is 16.2 Å². The number of aromatic amines is 1. The van der Waals surface area contributed by atoms with Gasteiger partial charge in [0.1, 0.15) is 0 Å². The standard InChI is InChI=1S/C7H8ClN3O3S/c1-2-3-15-7-9-5(8)4(11(13)14)6(12)10-7/h2-3H2,1H3,(H,9,10,12). The molecule has 0 atom stereocenters. The fourth-order valence-corrected chi connectivity index (χ4v) is 1.85. The fourth-order valence-electron chi connectivity index (χ4n) is 0.845. The Balaban J connectivity index is 3.09. The van der Waals surface area contributed by atoms with E-state index in [2.05, 4.69) is 9.97 Å². The number of rotatable bonds is 4. The van der Waals surface area contributed by atoms with Gasteiger partial charge in [0, 0.05) is 5.75 Å². The molecule has 0 aliphatic rings. The first-order valence-electron chi connectivity index (χ1n) is 4.13. The molecule has 1 rings (SSSR count). The highest BCUT2D eigenvalue weighted by Crippen LogP contribution is 2.20. The van der Waals surface area contributed by atoms with E-state index in [4.69, 9.17) is 11.6 Å². The number of nitro groups is 1. The van der Waals surface area contributed by atoms with Gasteiger partial charge in [-0.1, -0.05) is 30.3 Å². The van der Waals surface area contributed by atoms with Gasteiger partial charge in [-0.15, -0.1) is 0 Å². The molecule has 0 spiro atoms. The van der Waals surface area contributed by atoms with Crippen molar-refractivity contribution in [2.45, 2.75) is 18.5 Å². The van der Waals surface area contributed by atoms with E-state index in [1.165, 1.54) is 11.8 Å². The lowest BCUT2D eigenvalue weighted by Gasteiger charge is -1.99. The highest BCUT2D eigenvalue weighted by Gasteiger charge is 2.20. The third kappa shape index (κ3) is 2.93. The van der Waals surface area contributed by atoms with Gasteiger partial charge in [-0.05, 0) is 6.42 Å². The van der Waals surface area contributed by atoms with Gasteiger partial charge in [0.15, 0.2) is 5.16 Å². The van der Waals surface area contributed by atoms with Crippen LogP contribution in [0.25, 0.3) is 0 Å². The van der Waals surface area contributed by atoms with E-state index in [1.54, 1.807) is 0 Å². The number of aromatic nitrogens is 2. The second kappa shape index (κ2) is 5.13. The van der Waals surface area contributed by atoms with Gasteiger partial charge in [0.2, 0.25) is 5.15 Å². The third-order valence-electron chi connectivity index (χ3n) is 1.46. The largest absolute Gasteiger partial charge is 0.370 e. The lowest BCUT2D eigenvalue weighted by molar-refractivity contribution is -0.386. The van der Waals surface area contributed by atoms with Crippen molar-refractivity contribution in [2.75, 3.05) is 5.75 Å². The molecule has 0 aliphatic carbocycles. The number of thioether (sulfide) groups is 1. The first-order chi connectivity index (χ1) is 7.06. The molecule has 1 heterocycles. The molecular weight excluding hydrogens is 242 g/mol. The maximum absolute atomic E-state index is 11.2. The van der Waals surface area contributed by atoms with Crippen LogP contribution in [0, 0.1) is 10.1 Å². The fraction of sp³-hybridized carbons (Fsp3) is 0.429. The Hall–Kier alpha value is -1.08. The molecule has 15 heavy (non-hydrogen) atoms. The van der Waals surface area contributed by atoms with Gasteiger partial charge in [-0.3, -0.25) is 19.9 Å². The number of halogens is 1. The van der Waals surface area contributed by atoms with E-state index in [9.17, 15) is 14.9 Å². The Bertz CT molecular complexity index is 434. The van der Waals surface area contributed by atoms with Gasteiger partial charge in [-0.2, -0.15) is 0 Å². The summed E-state index contributed by atoms with van der Waals surface area (Å²) in [5.41, 5.74) is -1.53. The van der Waals surface area contributed by atoms with Gasteiger partial charge >= 0.3 is 11.2 Å². The SMILES string of the molecule is CCCSc1nc(Cl)c([N+](=O)[O-])c(=O)[nH]1. The van der Waals surface area contributed by atoms with Gasteiger partial charge < -0.3 is 0 Å². The first kappa shape index (κ1) is 12.0. The summed E-state index contributed by atoms with van der Waals surface area (Å²) in [6, 6.07) is 0. The predicted octanol–water partition coefficient (Wildman–Crippen LogP) is 1.83. The number of nitrogens with one attached hydrogen (secondary N) is 1. The topological polar surface area (TPSA) is 88.9 Å². The average molecular weight is 250 g/mol. The Morgan fingerprint density at radius 3 is 2.80 bits per heavy atom. The molecule has 1 N–H and O–H groups in total. The predicted molar refractivity (Wildman–Crippen MR) is 57.5 cm³/mol. The normalized spacial score (nSPS) is 10.3. The van der Waals surface area contributed by atoms with E-state index in [0.29, 0.717) is 5.16 Å². The van der Waals surface area contributed by atoms with Crippen LogP contribution in [0.15, 0.2) is 9.95 Å². The molecule has 0 aromatic carbocycles. The maximum atomic E-state index is 11.2. The number of hydrogen-bond donors (Lipinski definition) is 1. The zero-order valence-electron chi connectivity index (χ0n) is 7.82. The second-order valence-electron chi connectivity index (χ2n) is 2.62. The zero-order chi connectivity index (χ0) is 11.4. The summed E-state index contributed by atoms with van der Waals surface area (Å²) in [5, 5.41) is 10.4. The maximum Gasteiger partial charge on any atom is 0.370 e. The van der Waals surface area contributed by atoms with E-state index in [1.807, 2.05) is 6.92 Å². The van der Waals surface area contributed by atoms with Crippen LogP contribution in [0.3, 0.4) is 0 Å². The van der Waals surface area contributed by atoms with Crippen LogP contribution in [0.2, 0.25) is 5.15 Å². The van der Waals surface area contributed by atoms with Crippen molar-refractivity contribution in [3.63, 3.8) is 0 Å². The van der Waals surface area contributed by atoms with Gasteiger partial charge in [-0.25, -0.2) is 4.98 Å². The van der Waals surface area contributed by atoms with Crippen molar-refractivity contribution in [2.24, 2.45) is 0 Å². The van der Waals surface area contributed by atoms with Crippen LogP contribution in [0.5, 0.6) is 0 Å². The Labute approximate surface area is 94.2 Å². The van der Waals surface area contributed by atoms with Crippen molar-refractivity contribution in [3.8, 4) is 0 Å². The molecule has 8 heteroatoms. The highest BCUT2D eigenvalue weighted by atomic mass is 35.5. The van der Waals surface area contributed by atoms with E-state index in [0.717, 1.165) is 12.2 Å². The molecule has 1 aromatic rings. The lowest BCUT2D eigenvalue weighted by atomic mass is 10.5. The smallest absolute Gasteiger partial charge is 0.295 e. The summed E-state index contributed by atoms with van der Waals surface area (Å²) < 4.78 is 0. The van der Waals surface area contributed by atoms with Crippen LogP contribution in [0.4, 0.5) is 5.69 Å². The van der Waals surface area contributed by atoms with Crippen LogP contribution in [-0.4, -0.2) is 20.6 Å². The second-order valence-corrected chi connectivity index (χ2v) is 4.06. The van der Waals surface area contributed by atoms with E-state index >= 15 is 0 Å². The molecule has 82 valence electrons. The monoisotopic (exact) mass is 249 g/mol. The van der Waals surface area contributed by atoms with E-state index in [-0.39, 0.29) is 5.15 Å². The lowest BCUT2D eigenvalue weighted by Crippen LogP contribution is -2.14. The van der Waals surface area contributed by atoms with Crippen molar-refractivity contribution >= 4 is 29.1 Å². The first-order valence-corrected chi connectivity index (χ1v) is 5.49. The van der Waals surface area contributed by atoms with Crippen LogP contribution in [0.1, 0.15) is 13.3 Å². The van der Waals surface area contributed by atoms with Crippen molar-refractivity contribution < 1.29 is 4.92 Å². The Kier molecular flexibility index (Phi) is 4.10. The van der Waals surface area contributed by atoms with Gasteiger partial charge in [0.25, 0.3) is 0 Å². The summed E-state index contributed by atoms with van der Waals surface area (Å²) in [5.74, 6) is 0.761. The van der Waals surface area contributed by atoms with Crippen LogP contribution < -0.4 is 5.56 Å². The van der Waals surface area contributed by atoms with Crippen molar-refractivity contribution in [3.05, 3.63) is 25.6 Å². The quantitative estimate of drug-likeness (QED) is 0.289. The minimum Gasteiger partial charge on any atom is -0.295 e. The third-order valence-corrected chi connectivity index (χ3v) is 2.80. The number of H-pyrrole nitrogens is 1. The van der Waals surface area contributed by atoms with Crippen LogP contribution in [-0.2, 0) is 0 Å². The molecule has 0 amide bonds. The molecule has 6 nitrogen and oxygen atoms in total. The molecule has 0 bridgehead atoms. The number of nitrogens with zero attached hydrogens (tertiary/aromatic N) is 2. The van der Waals surface area contributed by atoms with Crippen molar-refractivity contribution in [1.82, 2.24) is 9.97 Å². The zero-order valence-corrected chi connectivity index (χ0v) is 9.39. The van der Waals surface area contributed by atoms with Crippen LogP contribution >= 0.6 is 23.4 Å². The number of hydrogen-bond acceptors (Lipinski definition) is 5. The average Bonchev–Trinajstić information content (AvgIpc) is 2.12. The highest BCUT2D eigenvalue weighted by molar-refractivity contribution is 7.99. The summed E-state index contributed by atoms with van der Waals surface area (Å²) in [6.45, 7) is 1.97. The molecule has 0 unspecified atom stereocenters. The molecule has 0 saturated carbocycles. The molecule has 0 fully saturated rings. The molecular formula is C7H8ClN3O3S. The minimum atomic E-state index is -0.845. The van der Waals surface area contributed by atoms with Crippen molar-refractivity contribution in [1.29, 1.82) is 0 Å². The summed E-state index contributed by atoms with van der Waals surface area (Å²) in [7, 11) is 0. The summed E-state index contributed by atoms with van der Waals surface area (Å²) in [4.78, 5) is 26.8.